The molecule has 0 aliphatic carbocycles. The smallest absolute Gasteiger partial charge is 0.243 e. The van der Waals surface area contributed by atoms with Crippen LogP contribution in [0.5, 0.6) is 0 Å². The van der Waals surface area contributed by atoms with Gasteiger partial charge >= 0.3 is 0 Å². The van der Waals surface area contributed by atoms with Crippen molar-refractivity contribution in [2.24, 2.45) is 11.7 Å². The predicted molar refractivity (Wildman–Crippen MR) is 77.2 cm³/mol. The molecule has 3 atom stereocenters. The van der Waals surface area contributed by atoms with Crippen molar-refractivity contribution in [2.45, 2.75) is 70.0 Å². The molecule has 112 valence electrons. The first kappa shape index (κ1) is 14.0. The van der Waals surface area contributed by atoms with Gasteiger partial charge in [0.15, 0.2) is 5.82 Å². The Morgan fingerprint density at radius 1 is 1.30 bits per heavy atom. The molecular formula is C15H26N4O. The molecule has 2 unspecified atom stereocenters. The highest BCUT2D eigenvalue weighted by Gasteiger charge is 2.40. The SMILES string of the molecule is CC(C)C[C@H](N)c1nc(C2CC3CCC(C2)N3C)no1. The molecule has 3 rings (SSSR count). The lowest BCUT2D eigenvalue weighted by Crippen LogP contribution is -2.39. The van der Waals surface area contributed by atoms with E-state index in [1.807, 2.05) is 0 Å². The summed E-state index contributed by atoms with van der Waals surface area (Å²) in [5.74, 6) is 2.48. The van der Waals surface area contributed by atoms with Crippen LogP contribution in [0, 0.1) is 5.92 Å². The number of hydrogen-bond donors (Lipinski definition) is 1. The maximum atomic E-state index is 6.12. The largest absolute Gasteiger partial charge is 0.338 e. The van der Waals surface area contributed by atoms with Gasteiger partial charge in [0.25, 0.3) is 0 Å². The number of rotatable bonds is 4. The van der Waals surface area contributed by atoms with E-state index in [0.29, 0.717) is 29.8 Å². The molecule has 3 heterocycles. The lowest BCUT2D eigenvalue weighted by Gasteiger charge is -2.34. The van der Waals surface area contributed by atoms with Crippen LogP contribution in [0.3, 0.4) is 0 Å². The highest BCUT2D eigenvalue weighted by molar-refractivity contribution is 5.06. The third kappa shape index (κ3) is 2.61. The van der Waals surface area contributed by atoms with Gasteiger partial charge in [0.1, 0.15) is 0 Å². The number of piperidine rings is 1. The van der Waals surface area contributed by atoms with Crippen LogP contribution < -0.4 is 5.73 Å². The average Bonchev–Trinajstić information content (AvgIpc) is 2.92. The Hall–Kier alpha value is -0.940. The first-order valence-corrected chi connectivity index (χ1v) is 7.85. The van der Waals surface area contributed by atoms with E-state index in [2.05, 4.69) is 35.9 Å². The fourth-order valence-electron chi connectivity index (χ4n) is 3.79. The van der Waals surface area contributed by atoms with Crippen molar-refractivity contribution in [3.63, 3.8) is 0 Å². The number of aromatic nitrogens is 2. The molecule has 0 aromatic carbocycles. The second-order valence-corrected chi connectivity index (χ2v) is 6.95. The van der Waals surface area contributed by atoms with E-state index < -0.39 is 0 Å². The van der Waals surface area contributed by atoms with Crippen molar-refractivity contribution in [3.05, 3.63) is 11.7 Å². The summed E-state index contributed by atoms with van der Waals surface area (Å²) in [5.41, 5.74) is 6.12. The minimum Gasteiger partial charge on any atom is -0.338 e. The Balaban J connectivity index is 1.68. The third-order valence-corrected chi connectivity index (χ3v) is 4.96. The molecule has 2 bridgehead atoms. The van der Waals surface area contributed by atoms with Crippen LogP contribution in [0.2, 0.25) is 0 Å². The van der Waals surface area contributed by atoms with E-state index in [1.54, 1.807) is 0 Å². The summed E-state index contributed by atoms with van der Waals surface area (Å²) in [4.78, 5) is 7.12. The molecule has 2 N–H and O–H groups in total. The maximum absolute atomic E-state index is 6.12. The Kier molecular flexibility index (Phi) is 3.82. The number of nitrogens with zero attached hydrogens (tertiary/aromatic N) is 3. The van der Waals surface area contributed by atoms with E-state index in [9.17, 15) is 0 Å². The molecule has 1 aromatic rings. The Bertz CT molecular complexity index is 444. The van der Waals surface area contributed by atoms with Crippen LogP contribution in [-0.4, -0.2) is 34.2 Å². The van der Waals surface area contributed by atoms with Crippen LogP contribution >= 0.6 is 0 Å². The molecule has 5 nitrogen and oxygen atoms in total. The molecular weight excluding hydrogens is 252 g/mol. The van der Waals surface area contributed by atoms with E-state index in [0.717, 1.165) is 25.1 Å². The Morgan fingerprint density at radius 3 is 2.55 bits per heavy atom. The first-order chi connectivity index (χ1) is 9.54. The summed E-state index contributed by atoms with van der Waals surface area (Å²) in [6.07, 6.45) is 5.83. The molecule has 5 heteroatoms. The lowest BCUT2D eigenvalue weighted by atomic mass is 9.90. The summed E-state index contributed by atoms with van der Waals surface area (Å²) in [7, 11) is 2.25. The van der Waals surface area contributed by atoms with Gasteiger partial charge in [-0.2, -0.15) is 4.98 Å². The second-order valence-electron chi connectivity index (χ2n) is 6.95. The van der Waals surface area contributed by atoms with Crippen molar-refractivity contribution in [2.75, 3.05) is 7.05 Å². The molecule has 0 radical (unpaired) electrons. The summed E-state index contributed by atoms with van der Waals surface area (Å²) < 4.78 is 5.40. The zero-order chi connectivity index (χ0) is 14.3. The van der Waals surface area contributed by atoms with Crippen LogP contribution in [0.1, 0.15) is 69.6 Å². The number of fused-ring (bicyclic) bond motifs is 2. The van der Waals surface area contributed by atoms with E-state index in [-0.39, 0.29) is 6.04 Å². The number of nitrogens with two attached hydrogens (primary N) is 1. The van der Waals surface area contributed by atoms with Crippen molar-refractivity contribution >= 4 is 0 Å². The van der Waals surface area contributed by atoms with Gasteiger partial charge in [-0.05, 0) is 45.1 Å². The molecule has 2 aliphatic heterocycles. The quantitative estimate of drug-likeness (QED) is 0.916. The van der Waals surface area contributed by atoms with Crippen molar-refractivity contribution in [1.82, 2.24) is 15.0 Å². The highest BCUT2D eigenvalue weighted by atomic mass is 16.5. The van der Waals surface area contributed by atoms with Crippen molar-refractivity contribution < 1.29 is 4.52 Å². The molecule has 0 amide bonds. The van der Waals surface area contributed by atoms with Gasteiger partial charge in [0, 0.05) is 18.0 Å². The normalized spacial score (nSPS) is 31.9. The van der Waals surface area contributed by atoms with E-state index in [1.165, 1.54) is 12.8 Å². The highest BCUT2D eigenvalue weighted by Crippen LogP contribution is 2.41. The predicted octanol–water partition coefficient (Wildman–Crippen LogP) is 2.46. The van der Waals surface area contributed by atoms with Crippen LogP contribution in [0.15, 0.2) is 4.52 Å². The zero-order valence-electron chi connectivity index (χ0n) is 12.7. The fraction of sp³-hybridized carbons (Fsp3) is 0.867. The standard InChI is InChI=1S/C15H26N4O/c1-9(2)6-13(16)15-17-14(18-20-15)10-7-11-4-5-12(8-10)19(11)3/h9-13H,4-8,16H2,1-3H3/t10?,11?,12?,13-/m0/s1. The molecule has 2 fully saturated rings. The summed E-state index contributed by atoms with van der Waals surface area (Å²) in [5, 5.41) is 4.21. The summed E-state index contributed by atoms with van der Waals surface area (Å²) in [6, 6.07) is 1.27. The van der Waals surface area contributed by atoms with Crippen LogP contribution in [-0.2, 0) is 0 Å². The van der Waals surface area contributed by atoms with Gasteiger partial charge in [-0.15, -0.1) is 0 Å². The van der Waals surface area contributed by atoms with E-state index >= 15 is 0 Å². The topological polar surface area (TPSA) is 68.2 Å². The zero-order valence-corrected chi connectivity index (χ0v) is 12.7. The van der Waals surface area contributed by atoms with Gasteiger partial charge in [0.2, 0.25) is 5.89 Å². The van der Waals surface area contributed by atoms with Crippen LogP contribution in [0.25, 0.3) is 0 Å². The number of hydrogen-bond acceptors (Lipinski definition) is 5. The van der Waals surface area contributed by atoms with Crippen molar-refractivity contribution in [1.29, 1.82) is 0 Å². The average molecular weight is 278 g/mol. The maximum Gasteiger partial charge on any atom is 0.243 e. The van der Waals surface area contributed by atoms with Gasteiger partial charge in [-0.3, -0.25) is 0 Å². The Morgan fingerprint density at radius 2 is 1.95 bits per heavy atom. The Labute approximate surface area is 120 Å². The van der Waals surface area contributed by atoms with Gasteiger partial charge in [-0.25, -0.2) is 0 Å². The third-order valence-electron chi connectivity index (χ3n) is 4.96. The molecule has 2 saturated heterocycles. The van der Waals surface area contributed by atoms with Crippen LogP contribution in [0.4, 0.5) is 0 Å². The molecule has 20 heavy (non-hydrogen) atoms. The minimum absolute atomic E-state index is 0.126. The summed E-state index contributed by atoms with van der Waals surface area (Å²) >= 11 is 0. The molecule has 0 spiro atoms. The molecule has 2 aliphatic rings. The second kappa shape index (κ2) is 5.45. The minimum atomic E-state index is -0.126. The van der Waals surface area contributed by atoms with Gasteiger partial charge in [0.05, 0.1) is 6.04 Å². The summed E-state index contributed by atoms with van der Waals surface area (Å²) in [6.45, 7) is 4.32. The van der Waals surface area contributed by atoms with Gasteiger partial charge < -0.3 is 15.2 Å². The first-order valence-electron chi connectivity index (χ1n) is 7.85. The van der Waals surface area contributed by atoms with Crippen molar-refractivity contribution in [3.8, 4) is 0 Å². The molecule has 0 saturated carbocycles. The fourth-order valence-corrected chi connectivity index (χ4v) is 3.79. The van der Waals surface area contributed by atoms with E-state index in [4.69, 9.17) is 10.3 Å². The monoisotopic (exact) mass is 278 g/mol. The van der Waals surface area contributed by atoms with Gasteiger partial charge in [-0.1, -0.05) is 19.0 Å². The lowest BCUT2D eigenvalue weighted by molar-refractivity contribution is 0.157. The molecule has 1 aromatic heterocycles.